The minimum atomic E-state index is -0.126. The van der Waals surface area contributed by atoms with Crippen molar-refractivity contribution in [1.29, 1.82) is 0 Å². The summed E-state index contributed by atoms with van der Waals surface area (Å²) in [6, 6.07) is 8.12. The van der Waals surface area contributed by atoms with Gasteiger partial charge >= 0.3 is 0 Å². The highest BCUT2D eigenvalue weighted by molar-refractivity contribution is 7.07. The number of hydrogen-bond acceptors (Lipinski definition) is 6. The molecule has 0 spiro atoms. The first-order valence-electron chi connectivity index (χ1n) is 7.72. The van der Waals surface area contributed by atoms with E-state index in [2.05, 4.69) is 25.9 Å². The fourth-order valence-corrected chi connectivity index (χ4v) is 3.41. The molecule has 0 unspecified atom stereocenters. The summed E-state index contributed by atoms with van der Waals surface area (Å²) in [5.74, 6) is 0.734. The first kappa shape index (κ1) is 15.9. The van der Waals surface area contributed by atoms with Crippen LogP contribution in [0.5, 0.6) is 5.75 Å². The van der Waals surface area contributed by atoms with Gasteiger partial charge in [-0.3, -0.25) is 9.69 Å². The SMILES string of the molecule is COc1ccccc1[C@H](CNC(=O)c1cnns1)N1CCCC1. The number of carbonyl (C=O) groups is 1. The maximum absolute atomic E-state index is 12.2. The number of benzene rings is 1. The van der Waals surface area contributed by atoms with Crippen LogP contribution in [0.15, 0.2) is 30.5 Å². The molecule has 6 nitrogen and oxygen atoms in total. The molecule has 1 aromatic heterocycles. The molecule has 2 aromatic rings. The molecule has 7 heteroatoms. The van der Waals surface area contributed by atoms with Crippen LogP contribution < -0.4 is 10.1 Å². The molecule has 1 aliphatic rings. The Morgan fingerprint density at radius 2 is 2.17 bits per heavy atom. The van der Waals surface area contributed by atoms with Crippen LogP contribution in [0.1, 0.15) is 34.1 Å². The number of para-hydroxylation sites is 1. The lowest BCUT2D eigenvalue weighted by Crippen LogP contribution is -2.36. The van der Waals surface area contributed by atoms with E-state index in [0.29, 0.717) is 11.4 Å². The number of ether oxygens (including phenoxy) is 1. The Hall–Kier alpha value is -1.99. The van der Waals surface area contributed by atoms with Gasteiger partial charge in [-0.15, -0.1) is 5.10 Å². The van der Waals surface area contributed by atoms with E-state index in [-0.39, 0.29) is 11.9 Å². The molecular formula is C16H20N4O2S. The van der Waals surface area contributed by atoms with Gasteiger partial charge in [0.2, 0.25) is 0 Å². The standard InChI is InChI=1S/C16H20N4O2S/c1-22-14-7-3-2-6-12(14)13(20-8-4-5-9-20)10-17-16(21)15-11-18-19-23-15/h2-3,6-7,11,13H,4-5,8-10H2,1H3,(H,17,21)/t13-/m0/s1. The highest BCUT2D eigenvalue weighted by atomic mass is 32.1. The Bertz CT molecular complexity index is 641. The number of amides is 1. The molecule has 3 rings (SSSR count). The molecule has 0 saturated carbocycles. The predicted octanol–water partition coefficient (Wildman–Crippen LogP) is 2.11. The summed E-state index contributed by atoms with van der Waals surface area (Å²) in [7, 11) is 1.68. The second-order valence-corrected chi connectivity index (χ2v) is 6.28. The smallest absolute Gasteiger partial charge is 0.264 e. The maximum atomic E-state index is 12.2. The number of methoxy groups -OCH3 is 1. The molecule has 23 heavy (non-hydrogen) atoms. The second kappa shape index (κ2) is 7.52. The van der Waals surface area contributed by atoms with Gasteiger partial charge in [-0.25, -0.2) is 0 Å². The minimum absolute atomic E-state index is 0.110. The van der Waals surface area contributed by atoms with Crippen molar-refractivity contribution in [2.75, 3.05) is 26.7 Å². The van der Waals surface area contributed by atoms with Gasteiger partial charge in [0, 0.05) is 12.1 Å². The van der Waals surface area contributed by atoms with Gasteiger partial charge in [-0.1, -0.05) is 22.7 Å². The predicted molar refractivity (Wildman–Crippen MR) is 88.8 cm³/mol. The lowest BCUT2D eigenvalue weighted by atomic mass is 10.0. The van der Waals surface area contributed by atoms with Crippen LogP contribution >= 0.6 is 11.5 Å². The molecule has 1 aliphatic heterocycles. The summed E-state index contributed by atoms with van der Waals surface area (Å²) >= 11 is 1.11. The fourth-order valence-electron chi connectivity index (χ4n) is 2.97. The van der Waals surface area contributed by atoms with Gasteiger partial charge in [-0.05, 0) is 43.5 Å². The van der Waals surface area contributed by atoms with E-state index in [1.54, 1.807) is 7.11 Å². The molecule has 0 aliphatic carbocycles. The van der Waals surface area contributed by atoms with Gasteiger partial charge in [0.05, 0.1) is 19.3 Å². The number of nitrogens with one attached hydrogen (secondary N) is 1. The maximum Gasteiger partial charge on any atom is 0.264 e. The zero-order chi connectivity index (χ0) is 16.1. The zero-order valence-electron chi connectivity index (χ0n) is 13.1. The number of nitrogens with zero attached hydrogens (tertiary/aromatic N) is 3. The lowest BCUT2D eigenvalue weighted by Gasteiger charge is -2.29. The van der Waals surface area contributed by atoms with Crippen LogP contribution in [0.3, 0.4) is 0 Å². The van der Waals surface area contributed by atoms with Crippen molar-refractivity contribution in [3.63, 3.8) is 0 Å². The molecule has 0 bridgehead atoms. The van der Waals surface area contributed by atoms with Gasteiger partial charge in [0.15, 0.2) is 0 Å². The van der Waals surface area contributed by atoms with E-state index in [0.717, 1.165) is 35.9 Å². The highest BCUT2D eigenvalue weighted by Crippen LogP contribution is 2.31. The fraction of sp³-hybridized carbons (Fsp3) is 0.438. The number of aromatic nitrogens is 2. The number of hydrogen-bond donors (Lipinski definition) is 1. The van der Waals surface area contributed by atoms with E-state index in [9.17, 15) is 4.79 Å². The van der Waals surface area contributed by atoms with Crippen molar-refractivity contribution in [1.82, 2.24) is 19.8 Å². The minimum Gasteiger partial charge on any atom is -0.496 e. The summed E-state index contributed by atoms with van der Waals surface area (Å²) in [6.45, 7) is 2.62. The van der Waals surface area contributed by atoms with E-state index in [1.807, 2.05) is 18.2 Å². The summed E-state index contributed by atoms with van der Waals surface area (Å²) in [4.78, 5) is 15.1. The van der Waals surface area contributed by atoms with Crippen LogP contribution in [0, 0.1) is 0 Å². The Morgan fingerprint density at radius 1 is 1.39 bits per heavy atom. The summed E-state index contributed by atoms with van der Waals surface area (Å²) < 4.78 is 9.24. The number of carbonyl (C=O) groups excluding carboxylic acids is 1. The largest absolute Gasteiger partial charge is 0.496 e. The van der Waals surface area contributed by atoms with Crippen molar-refractivity contribution in [2.24, 2.45) is 0 Å². The Kier molecular flexibility index (Phi) is 5.19. The third-order valence-corrected chi connectivity index (χ3v) is 4.78. The van der Waals surface area contributed by atoms with E-state index in [1.165, 1.54) is 19.0 Å². The molecule has 1 atom stereocenters. The van der Waals surface area contributed by atoms with Gasteiger partial charge in [0.1, 0.15) is 10.6 Å². The van der Waals surface area contributed by atoms with Crippen LogP contribution in [0.25, 0.3) is 0 Å². The number of likely N-dealkylation sites (tertiary alicyclic amines) is 1. The molecule has 2 heterocycles. The first-order valence-corrected chi connectivity index (χ1v) is 8.49. The van der Waals surface area contributed by atoms with Crippen molar-refractivity contribution >= 4 is 17.4 Å². The van der Waals surface area contributed by atoms with Crippen LogP contribution in [-0.4, -0.2) is 47.1 Å². The highest BCUT2D eigenvalue weighted by Gasteiger charge is 2.26. The molecule has 1 saturated heterocycles. The van der Waals surface area contributed by atoms with Crippen molar-refractivity contribution < 1.29 is 9.53 Å². The van der Waals surface area contributed by atoms with E-state index < -0.39 is 0 Å². The third-order valence-electron chi connectivity index (χ3n) is 4.12. The monoisotopic (exact) mass is 332 g/mol. The quantitative estimate of drug-likeness (QED) is 0.877. The van der Waals surface area contributed by atoms with Gasteiger partial charge in [0.25, 0.3) is 5.91 Å². The summed E-state index contributed by atoms with van der Waals surface area (Å²) in [5, 5.41) is 6.72. The number of rotatable bonds is 6. The van der Waals surface area contributed by atoms with Crippen molar-refractivity contribution in [3.05, 3.63) is 40.9 Å². The average Bonchev–Trinajstić information content (AvgIpc) is 3.29. The van der Waals surface area contributed by atoms with Crippen LogP contribution in [-0.2, 0) is 0 Å². The molecular weight excluding hydrogens is 312 g/mol. The Balaban J connectivity index is 1.77. The normalized spacial score (nSPS) is 16.2. The van der Waals surface area contributed by atoms with Gasteiger partial charge in [-0.2, -0.15) is 0 Å². The van der Waals surface area contributed by atoms with Gasteiger partial charge < -0.3 is 10.1 Å². The molecule has 0 radical (unpaired) electrons. The Labute approximate surface area is 139 Å². The van der Waals surface area contributed by atoms with E-state index >= 15 is 0 Å². The molecule has 122 valence electrons. The van der Waals surface area contributed by atoms with Crippen molar-refractivity contribution in [2.45, 2.75) is 18.9 Å². The lowest BCUT2D eigenvalue weighted by molar-refractivity contribution is 0.0941. The first-order chi connectivity index (χ1) is 11.3. The van der Waals surface area contributed by atoms with Crippen LogP contribution in [0.2, 0.25) is 0 Å². The van der Waals surface area contributed by atoms with Crippen molar-refractivity contribution in [3.8, 4) is 5.75 Å². The molecule has 1 fully saturated rings. The van der Waals surface area contributed by atoms with E-state index in [4.69, 9.17) is 4.74 Å². The second-order valence-electron chi connectivity index (χ2n) is 5.49. The topological polar surface area (TPSA) is 67.3 Å². The third kappa shape index (κ3) is 3.68. The zero-order valence-corrected chi connectivity index (χ0v) is 13.9. The Morgan fingerprint density at radius 3 is 2.87 bits per heavy atom. The summed E-state index contributed by atoms with van der Waals surface area (Å²) in [5.41, 5.74) is 1.11. The molecule has 1 N–H and O–H groups in total. The summed E-state index contributed by atoms with van der Waals surface area (Å²) in [6.07, 6.45) is 3.88. The molecule has 1 aromatic carbocycles. The van der Waals surface area contributed by atoms with Crippen LogP contribution in [0.4, 0.5) is 0 Å². The average molecular weight is 332 g/mol. The molecule has 1 amide bonds.